The minimum Gasteiger partial charge on any atom is -0.369 e. The molecule has 2 aromatic rings. The molecule has 0 radical (unpaired) electrons. The molecule has 4 amide bonds. The number of hydrogen-bond donors (Lipinski definition) is 3. The third-order valence-corrected chi connectivity index (χ3v) is 7.15. The summed E-state index contributed by atoms with van der Waals surface area (Å²) in [6.45, 7) is 1.40. The van der Waals surface area contributed by atoms with Crippen LogP contribution < -0.4 is 21.3 Å². The molecule has 36 heavy (non-hydrogen) atoms. The van der Waals surface area contributed by atoms with Crippen LogP contribution in [0.4, 0.5) is 5.82 Å². The molecule has 1 aliphatic carbocycles. The van der Waals surface area contributed by atoms with E-state index in [2.05, 4.69) is 20.5 Å². The van der Waals surface area contributed by atoms with Gasteiger partial charge in [0.1, 0.15) is 11.9 Å². The van der Waals surface area contributed by atoms with Crippen LogP contribution in [0.3, 0.4) is 0 Å². The van der Waals surface area contributed by atoms with Crippen LogP contribution in [0.15, 0.2) is 42.6 Å². The lowest BCUT2D eigenvalue weighted by Crippen LogP contribution is -2.44. The number of carbonyl (C=O) groups excluding carboxylic acids is 4. The van der Waals surface area contributed by atoms with Gasteiger partial charge in [-0.3, -0.25) is 19.2 Å². The fourth-order valence-electron chi connectivity index (χ4n) is 5.08. The number of nitrogens with zero attached hydrogens (tertiary/aromatic N) is 3. The van der Waals surface area contributed by atoms with E-state index >= 15 is 0 Å². The summed E-state index contributed by atoms with van der Waals surface area (Å²) in [5.74, 6) is -0.422. The maximum atomic E-state index is 13.1. The van der Waals surface area contributed by atoms with Crippen molar-refractivity contribution in [3.05, 3.63) is 59.3 Å². The number of anilines is 1. The second kappa shape index (κ2) is 9.96. The Morgan fingerprint density at radius 1 is 1.00 bits per heavy atom. The van der Waals surface area contributed by atoms with Gasteiger partial charge in [-0.25, -0.2) is 4.98 Å². The Kier molecular flexibility index (Phi) is 6.58. The molecule has 1 atom stereocenters. The van der Waals surface area contributed by atoms with E-state index in [1.165, 1.54) is 0 Å². The minimum absolute atomic E-state index is 0.0755. The number of nitrogens with two attached hydrogens (primary N) is 1. The number of carbonyl (C=O) groups is 4. The molecule has 0 bridgehead atoms. The van der Waals surface area contributed by atoms with Crippen molar-refractivity contribution >= 4 is 29.4 Å². The number of amides is 4. The van der Waals surface area contributed by atoms with Crippen LogP contribution in [0.25, 0.3) is 0 Å². The topological polar surface area (TPSA) is 138 Å². The Balaban J connectivity index is 1.17. The molecule has 4 N–H and O–H groups in total. The van der Waals surface area contributed by atoms with E-state index in [9.17, 15) is 19.2 Å². The van der Waals surface area contributed by atoms with Crippen molar-refractivity contribution < 1.29 is 19.2 Å². The molecule has 3 heterocycles. The largest absolute Gasteiger partial charge is 0.369 e. The molecule has 188 valence electrons. The van der Waals surface area contributed by atoms with Gasteiger partial charge in [0.25, 0.3) is 5.91 Å². The maximum absolute atomic E-state index is 13.1. The summed E-state index contributed by atoms with van der Waals surface area (Å²) in [5, 5.41) is 5.56. The van der Waals surface area contributed by atoms with Gasteiger partial charge < -0.3 is 26.2 Å². The van der Waals surface area contributed by atoms with E-state index in [4.69, 9.17) is 5.73 Å². The van der Waals surface area contributed by atoms with Crippen molar-refractivity contribution in [3.63, 3.8) is 0 Å². The Morgan fingerprint density at radius 3 is 2.47 bits per heavy atom. The highest BCUT2D eigenvalue weighted by atomic mass is 16.2. The van der Waals surface area contributed by atoms with E-state index in [1.54, 1.807) is 29.3 Å². The van der Waals surface area contributed by atoms with Gasteiger partial charge in [-0.1, -0.05) is 24.3 Å². The highest BCUT2D eigenvalue weighted by Crippen LogP contribution is 2.41. The number of aromatic nitrogens is 1. The molecule has 1 saturated heterocycles. The molecule has 10 heteroatoms. The van der Waals surface area contributed by atoms with Gasteiger partial charge in [0.05, 0.1) is 6.54 Å². The van der Waals surface area contributed by atoms with E-state index in [0.29, 0.717) is 37.1 Å². The molecule has 3 aliphatic rings. The lowest BCUT2D eigenvalue weighted by atomic mass is 9.96. The average molecular weight is 491 g/mol. The normalized spacial score (nSPS) is 19.7. The predicted molar refractivity (Wildman–Crippen MR) is 132 cm³/mol. The summed E-state index contributed by atoms with van der Waals surface area (Å²) in [5.41, 5.74) is 7.53. The van der Waals surface area contributed by atoms with Crippen LogP contribution >= 0.6 is 0 Å². The maximum Gasteiger partial charge on any atom is 0.255 e. The van der Waals surface area contributed by atoms with Gasteiger partial charge >= 0.3 is 0 Å². The Morgan fingerprint density at radius 2 is 1.75 bits per heavy atom. The molecule has 5 rings (SSSR count). The quantitative estimate of drug-likeness (QED) is 0.502. The zero-order chi connectivity index (χ0) is 25.2. The minimum atomic E-state index is -0.706. The lowest BCUT2D eigenvalue weighted by Gasteiger charge is -2.32. The molecule has 0 spiro atoms. The smallest absolute Gasteiger partial charge is 0.255 e. The van der Waals surface area contributed by atoms with Gasteiger partial charge in [0.15, 0.2) is 0 Å². The van der Waals surface area contributed by atoms with Crippen LogP contribution in [0.1, 0.15) is 53.2 Å². The summed E-state index contributed by atoms with van der Waals surface area (Å²) in [6.07, 6.45) is 4.82. The van der Waals surface area contributed by atoms with E-state index < -0.39 is 6.04 Å². The molecule has 1 saturated carbocycles. The van der Waals surface area contributed by atoms with Crippen LogP contribution in [0.2, 0.25) is 0 Å². The van der Waals surface area contributed by atoms with Crippen molar-refractivity contribution in [1.82, 2.24) is 20.5 Å². The fraction of sp³-hybridized carbons (Fsp3) is 0.423. The molecule has 2 fully saturated rings. The molecular formula is C26H30N6O4. The standard InChI is InChI=1S/C26H30N6O4/c27-23(34)16-9-12-31(13-10-16)24-17(4-3-11-28-24)14-29-21(33)15-30-25(35)22-19-5-1-2-6-20(19)26(36)32(22)18-7-8-18/h1-6,11,16,18,22H,7-10,12-15H2,(H2,27,34)(H,29,33)(H,30,35). The van der Waals surface area contributed by atoms with E-state index in [-0.39, 0.29) is 48.7 Å². The molecule has 10 nitrogen and oxygen atoms in total. The van der Waals surface area contributed by atoms with Crippen molar-refractivity contribution in [3.8, 4) is 0 Å². The summed E-state index contributed by atoms with van der Waals surface area (Å²) >= 11 is 0. The van der Waals surface area contributed by atoms with Crippen LogP contribution in [-0.4, -0.2) is 59.2 Å². The number of pyridine rings is 1. The number of nitrogens with one attached hydrogen (secondary N) is 2. The van der Waals surface area contributed by atoms with Crippen molar-refractivity contribution in [1.29, 1.82) is 0 Å². The SMILES string of the molecule is NC(=O)C1CCN(c2ncccc2CNC(=O)CNC(=O)C2c3ccccc3C(=O)N2C2CC2)CC1. The zero-order valence-electron chi connectivity index (χ0n) is 20.0. The average Bonchev–Trinajstić information content (AvgIpc) is 3.70. The third-order valence-electron chi connectivity index (χ3n) is 7.15. The number of benzene rings is 1. The number of hydrogen-bond acceptors (Lipinski definition) is 6. The van der Waals surface area contributed by atoms with E-state index in [1.807, 2.05) is 18.2 Å². The fourth-order valence-corrected chi connectivity index (χ4v) is 5.08. The summed E-state index contributed by atoms with van der Waals surface area (Å²) in [6, 6.07) is 10.2. The number of piperidine rings is 1. The second-order valence-electron chi connectivity index (χ2n) is 9.58. The zero-order valence-corrected chi connectivity index (χ0v) is 20.0. The number of rotatable bonds is 8. The first-order valence-electron chi connectivity index (χ1n) is 12.4. The molecule has 2 aliphatic heterocycles. The van der Waals surface area contributed by atoms with Gasteiger partial charge in [-0.05, 0) is 43.4 Å². The Labute approximate surface area is 209 Å². The van der Waals surface area contributed by atoms with Crippen molar-refractivity contribution in [2.45, 2.75) is 44.3 Å². The van der Waals surface area contributed by atoms with E-state index in [0.717, 1.165) is 24.2 Å². The van der Waals surface area contributed by atoms with Crippen LogP contribution in [-0.2, 0) is 20.9 Å². The third kappa shape index (κ3) is 4.75. The predicted octanol–water partition coefficient (Wildman–Crippen LogP) is 0.875. The molecule has 1 aromatic carbocycles. The summed E-state index contributed by atoms with van der Waals surface area (Å²) in [4.78, 5) is 58.2. The first-order chi connectivity index (χ1) is 17.4. The van der Waals surface area contributed by atoms with Gasteiger partial charge in [0, 0.05) is 48.9 Å². The first-order valence-corrected chi connectivity index (χ1v) is 12.4. The summed E-state index contributed by atoms with van der Waals surface area (Å²) in [7, 11) is 0. The van der Waals surface area contributed by atoms with Gasteiger partial charge in [0.2, 0.25) is 17.7 Å². The van der Waals surface area contributed by atoms with Crippen molar-refractivity contribution in [2.75, 3.05) is 24.5 Å². The Bertz CT molecular complexity index is 1190. The highest BCUT2D eigenvalue weighted by molar-refractivity contribution is 6.05. The Hall–Kier alpha value is -3.95. The highest BCUT2D eigenvalue weighted by Gasteiger charge is 2.47. The summed E-state index contributed by atoms with van der Waals surface area (Å²) < 4.78 is 0. The monoisotopic (exact) mass is 490 g/mol. The number of primary amides is 1. The van der Waals surface area contributed by atoms with Gasteiger partial charge in [-0.2, -0.15) is 0 Å². The molecule has 1 aromatic heterocycles. The first kappa shape index (κ1) is 23.8. The second-order valence-corrected chi connectivity index (χ2v) is 9.58. The van der Waals surface area contributed by atoms with Crippen LogP contribution in [0.5, 0.6) is 0 Å². The lowest BCUT2D eigenvalue weighted by molar-refractivity contribution is -0.129. The molecule has 1 unspecified atom stereocenters. The van der Waals surface area contributed by atoms with Crippen LogP contribution in [0, 0.1) is 5.92 Å². The van der Waals surface area contributed by atoms with Crippen molar-refractivity contribution in [2.24, 2.45) is 11.7 Å². The van der Waals surface area contributed by atoms with Gasteiger partial charge in [-0.15, -0.1) is 0 Å². The number of fused-ring (bicyclic) bond motifs is 1. The molecular weight excluding hydrogens is 460 g/mol.